The second-order valence-electron chi connectivity index (χ2n) is 9.15. The summed E-state index contributed by atoms with van der Waals surface area (Å²) in [5.74, 6) is -1.54. The van der Waals surface area contributed by atoms with E-state index < -0.39 is 21.7 Å². The molecule has 1 aliphatic heterocycles. The maximum Gasteiger partial charge on any atom is 0.306 e. The van der Waals surface area contributed by atoms with E-state index in [0.29, 0.717) is 42.3 Å². The fourth-order valence-corrected chi connectivity index (χ4v) is 6.36. The van der Waals surface area contributed by atoms with E-state index in [-0.39, 0.29) is 16.5 Å². The first-order chi connectivity index (χ1) is 18.1. The van der Waals surface area contributed by atoms with Crippen molar-refractivity contribution < 1.29 is 23.1 Å². The minimum atomic E-state index is -3.35. The summed E-state index contributed by atoms with van der Waals surface area (Å²) in [4.78, 5) is 28.2. The van der Waals surface area contributed by atoms with Crippen molar-refractivity contribution in [2.75, 3.05) is 19.3 Å². The Kier molecular flexibility index (Phi) is 7.13. The highest BCUT2D eigenvalue weighted by Gasteiger charge is 2.29. The summed E-state index contributed by atoms with van der Waals surface area (Å²) in [5, 5.41) is 14.4. The average molecular weight is 570 g/mol. The van der Waals surface area contributed by atoms with Gasteiger partial charge in [0.15, 0.2) is 15.5 Å². The first-order valence-corrected chi connectivity index (χ1v) is 15.0. The van der Waals surface area contributed by atoms with Crippen LogP contribution in [0.25, 0.3) is 26.7 Å². The van der Waals surface area contributed by atoms with Crippen LogP contribution in [0.15, 0.2) is 71.6 Å². The Balaban J connectivity index is 1.53. The van der Waals surface area contributed by atoms with Gasteiger partial charge in [-0.1, -0.05) is 35.9 Å². The molecule has 1 amide bonds. The van der Waals surface area contributed by atoms with Gasteiger partial charge in [-0.2, -0.15) is 5.10 Å². The number of hydrogen-bond acceptors (Lipinski definition) is 6. The highest BCUT2D eigenvalue weighted by atomic mass is 35.5. The summed E-state index contributed by atoms with van der Waals surface area (Å²) >= 11 is 7.95. The van der Waals surface area contributed by atoms with Crippen LogP contribution in [-0.4, -0.2) is 59.4 Å². The van der Waals surface area contributed by atoms with Gasteiger partial charge in [0.1, 0.15) is 0 Å². The third kappa shape index (κ3) is 5.24. The topological polar surface area (TPSA) is 110 Å². The molecule has 0 radical (unpaired) electrons. The third-order valence-corrected chi connectivity index (χ3v) is 9.13. The fourth-order valence-electron chi connectivity index (χ4n) is 4.47. The number of para-hydroxylation sites is 1. The molecule has 2 aromatic carbocycles. The summed E-state index contributed by atoms with van der Waals surface area (Å²) in [6, 6.07) is 19.5. The number of hydrogen-bond donors (Lipinski definition) is 1. The lowest BCUT2D eigenvalue weighted by Gasteiger charge is -2.29. The zero-order chi connectivity index (χ0) is 27.0. The molecule has 1 saturated heterocycles. The van der Waals surface area contributed by atoms with Gasteiger partial charge < -0.3 is 10.0 Å². The number of sulfone groups is 1. The maximum atomic E-state index is 13.4. The number of carboxylic acids is 1. The number of aliphatic carboxylic acids is 1. The zero-order valence-electron chi connectivity index (χ0n) is 20.4. The Morgan fingerprint density at radius 3 is 2.39 bits per heavy atom. The third-order valence-electron chi connectivity index (χ3n) is 6.55. The number of carbonyl (C=O) groups excluding carboxylic acids is 1. The lowest BCUT2D eigenvalue weighted by atomic mass is 9.97. The molecule has 0 bridgehead atoms. The van der Waals surface area contributed by atoms with E-state index in [1.807, 2.05) is 36.4 Å². The van der Waals surface area contributed by atoms with Crippen molar-refractivity contribution >= 4 is 44.7 Å². The summed E-state index contributed by atoms with van der Waals surface area (Å²) in [6.07, 6.45) is 1.98. The molecule has 5 rings (SSSR count). The molecule has 4 aromatic rings. The van der Waals surface area contributed by atoms with E-state index in [4.69, 9.17) is 11.6 Å². The highest BCUT2D eigenvalue weighted by Crippen LogP contribution is 2.37. The van der Waals surface area contributed by atoms with Crippen LogP contribution in [0.2, 0.25) is 5.02 Å². The van der Waals surface area contributed by atoms with Crippen molar-refractivity contribution in [1.29, 1.82) is 0 Å². The predicted octanol–water partition coefficient (Wildman–Crippen LogP) is 5.26. The molecule has 11 heteroatoms. The molecular weight excluding hydrogens is 546 g/mol. The van der Waals surface area contributed by atoms with Crippen molar-refractivity contribution in [1.82, 2.24) is 14.7 Å². The first-order valence-electron chi connectivity index (χ1n) is 11.9. The van der Waals surface area contributed by atoms with Crippen molar-refractivity contribution in [2.45, 2.75) is 17.7 Å². The van der Waals surface area contributed by atoms with Gasteiger partial charge in [0, 0.05) is 24.2 Å². The SMILES string of the molecule is CS(=O)(=O)c1cccc(-c2ccc(-c3cc(C(=O)N4CCC(C(=O)O)CC4)nn3-c3ccccc3Cl)s2)c1. The standard InChI is InChI=1S/C27H24ClN3O5S2/c1-38(35,36)19-6-4-5-18(15-19)24-9-10-25(37-24)23-16-21(29-31(23)22-8-3-2-7-20(22)28)26(32)30-13-11-17(12-14-30)27(33)34/h2-10,15-17H,11-14H2,1H3,(H,33,34). The van der Waals surface area contributed by atoms with Gasteiger partial charge >= 0.3 is 5.97 Å². The van der Waals surface area contributed by atoms with E-state index in [0.717, 1.165) is 15.3 Å². The van der Waals surface area contributed by atoms with Crippen LogP contribution in [0.3, 0.4) is 0 Å². The van der Waals surface area contributed by atoms with Gasteiger partial charge in [-0.25, -0.2) is 13.1 Å². The highest BCUT2D eigenvalue weighted by molar-refractivity contribution is 7.90. The van der Waals surface area contributed by atoms with E-state index in [2.05, 4.69) is 5.10 Å². The molecule has 1 fully saturated rings. The number of likely N-dealkylation sites (tertiary alicyclic amines) is 1. The summed E-state index contributed by atoms with van der Waals surface area (Å²) in [6.45, 7) is 0.702. The van der Waals surface area contributed by atoms with Gasteiger partial charge in [0.2, 0.25) is 0 Å². The van der Waals surface area contributed by atoms with Crippen LogP contribution in [0, 0.1) is 5.92 Å². The molecule has 1 N–H and O–H groups in total. The quantitative estimate of drug-likeness (QED) is 0.339. The number of thiophene rings is 1. The second-order valence-corrected chi connectivity index (χ2v) is 12.7. The van der Waals surface area contributed by atoms with Crippen LogP contribution in [-0.2, 0) is 14.6 Å². The Morgan fingerprint density at radius 2 is 1.71 bits per heavy atom. The van der Waals surface area contributed by atoms with Gasteiger partial charge in [0.05, 0.1) is 32.1 Å². The number of carboxylic acid groups (broad SMARTS) is 1. The van der Waals surface area contributed by atoms with Crippen LogP contribution >= 0.6 is 22.9 Å². The number of carbonyl (C=O) groups is 2. The molecule has 0 aliphatic carbocycles. The Bertz CT molecular complexity index is 1640. The Hall–Kier alpha value is -3.47. The molecule has 38 heavy (non-hydrogen) atoms. The molecule has 8 nitrogen and oxygen atoms in total. The largest absolute Gasteiger partial charge is 0.481 e. The lowest BCUT2D eigenvalue weighted by Crippen LogP contribution is -2.40. The predicted molar refractivity (Wildman–Crippen MR) is 147 cm³/mol. The van der Waals surface area contributed by atoms with Crippen LogP contribution < -0.4 is 0 Å². The maximum absolute atomic E-state index is 13.4. The van der Waals surface area contributed by atoms with Crippen LogP contribution in [0.1, 0.15) is 23.3 Å². The summed E-state index contributed by atoms with van der Waals surface area (Å²) < 4.78 is 25.7. The molecule has 196 valence electrons. The van der Waals surface area contributed by atoms with E-state index in [1.165, 1.54) is 17.6 Å². The van der Waals surface area contributed by atoms with Crippen molar-refractivity contribution in [3.8, 4) is 26.7 Å². The first kappa shape index (κ1) is 26.1. The molecule has 1 aliphatic rings. The van der Waals surface area contributed by atoms with Gasteiger partial charge in [0.25, 0.3) is 5.91 Å². The number of rotatable bonds is 6. The minimum Gasteiger partial charge on any atom is -0.481 e. The number of nitrogens with zero attached hydrogens (tertiary/aromatic N) is 3. The van der Waals surface area contributed by atoms with Crippen molar-refractivity contribution in [2.24, 2.45) is 5.92 Å². The van der Waals surface area contributed by atoms with Gasteiger partial charge in [-0.15, -0.1) is 11.3 Å². The van der Waals surface area contributed by atoms with E-state index in [9.17, 15) is 23.1 Å². The van der Waals surface area contributed by atoms with Gasteiger partial charge in [-0.3, -0.25) is 9.59 Å². The number of halogens is 1. The Labute approximate surface area is 229 Å². The van der Waals surface area contributed by atoms with Crippen LogP contribution in [0.4, 0.5) is 0 Å². The molecule has 0 saturated carbocycles. The number of aromatic nitrogens is 2. The molecule has 0 atom stereocenters. The normalized spacial score (nSPS) is 14.5. The monoisotopic (exact) mass is 569 g/mol. The zero-order valence-corrected chi connectivity index (χ0v) is 22.8. The molecule has 2 aromatic heterocycles. The Morgan fingerprint density at radius 1 is 1.00 bits per heavy atom. The summed E-state index contributed by atoms with van der Waals surface area (Å²) in [5.41, 5.74) is 2.28. The molecule has 3 heterocycles. The minimum absolute atomic E-state index is 0.239. The summed E-state index contributed by atoms with van der Waals surface area (Å²) in [7, 11) is -3.35. The van der Waals surface area contributed by atoms with E-state index >= 15 is 0 Å². The van der Waals surface area contributed by atoms with Crippen LogP contribution in [0.5, 0.6) is 0 Å². The molecule has 0 spiro atoms. The second kappa shape index (κ2) is 10.4. The van der Waals surface area contributed by atoms with Gasteiger partial charge in [-0.05, 0) is 60.9 Å². The van der Waals surface area contributed by atoms with Crippen molar-refractivity contribution in [3.05, 3.63) is 77.4 Å². The number of benzene rings is 2. The number of amides is 1. The van der Waals surface area contributed by atoms with Crippen molar-refractivity contribution in [3.63, 3.8) is 0 Å². The molecule has 0 unspecified atom stereocenters. The lowest BCUT2D eigenvalue weighted by molar-refractivity contribution is -0.143. The van der Waals surface area contributed by atoms with E-state index in [1.54, 1.807) is 39.9 Å². The average Bonchev–Trinajstić information content (AvgIpc) is 3.56. The number of piperidine rings is 1. The smallest absolute Gasteiger partial charge is 0.306 e. The fraction of sp³-hybridized carbons (Fsp3) is 0.222. The molecular formula is C27H24ClN3O5S2.